The van der Waals surface area contributed by atoms with E-state index < -0.39 is 0 Å². The summed E-state index contributed by atoms with van der Waals surface area (Å²) in [7, 11) is 0. The smallest absolute Gasteiger partial charge is 0.0548 e. The van der Waals surface area contributed by atoms with Crippen LogP contribution in [0.15, 0.2) is 152 Å². The summed E-state index contributed by atoms with van der Waals surface area (Å²) in [6.07, 6.45) is 0. The summed E-state index contributed by atoms with van der Waals surface area (Å²) in [5.41, 5.74) is 8.64. The van der Waals surface area contributed by atoms with Crippen LogP contribution < -0.4 is 0 Å². The van der Waals surface area contributed by atoms with Gasteiger partial charge in [0.05, 0.1) is 11.0 Å². The SMILES string of the molecule is c1ccc(-c2ccc3sc4ccc5c(c6ccc(-c7cccc8ccccc78)cc6n5-c5ccccc5)c4c3c2)cc1. The predicted octanol–water partition coefficient (Wildman–Crippen LogP) is 11.6. The van der Waals surface area contributed by atoms with Gasteiger partial charge in [-0.2, -0.15) is 0 Å². The second kappa shape index (κ2) is 9.17. The van der Waals surface area contributed by atoms with Crippen molar-refractivity contribution >= 4 is 64.1 Å². The van der Waals surface area contributed by atoms with Gasteiger partial charge in [0.25, 0.3) is 0 Å². The number of nitrogens with zero attached hydrogens (tertiary/aromatic N) is 1. The van der Waals surface area contributed by atoms with Crippen LogP contribution in [0.4, 0.5) is 0 Å². The highest BCUT2D eigenvalue weighted by molar-refractivity contribution is 7.26. The molecule has 0 N–H and O–H groups in total. The van der Waals surface area contributed by atoms with Crippen molar-refractivity contribution in [3.8, 4) is 27.9 Å². The minimum Gasteiger partial charge on any atom is -0.309 e. The molecular formula is C40H25NS. The molecule has 2 heterocycles. The van der Waals surface area contributed by atoms with Crippen LogP contribution in [0, 0.1) is 0 Å². The highest BCUT2D eigenvalue weighted by Crippen LogP contribution is 2.45. The maximum absolute atomic E-state index is 2.45. The van der Waals surface area contributed by atoms with Gasteiger partial charge in [-0.05, 0) is 75.5 Å². The highest BCUT2D eigenvalue weighted by atomic mass is 32.1. The summed E-state index contributed by atoms with van der Waals surface area (Å²) in [6, 6.07) is 55.4. The van der Waals surface area contributed by atoms with Crippen LogP contribution in [-0.2, 0) is 0 Å². The van der Waals surface area contributed by atoms with E-state index in [9.17, 15) is 0 Å². The lowest BCUT2D eigenvalue weighted by atomic mass is 9.97. The van der Waals surface area contributed by atoms with Crippen molar-refractivity contribution < 1.29 is 0 Å². The van der Waals surface area contributed by atoms with E-state index in [1.54, 1.807) is 0 Å². The van der Waals surface area contributed by atoms with E-state index in [1.807, 2.05) is 11.3 Å². The Bertz CT molecular complexity index is 2440. The number of aromatic nitrogens is 1. The lowest BCUT2D eigenvalue weighted by molar-refractivity contribution is 1.18. The molecule has 2 aromatic heterocycles. The summed E-state index contributed by atoms with van der Waals surface area (Å²) in [6.45, 7) is 0. The Morgan fingerprint density at radius 3 is 2.02 bits per heavy atom. The second-order valence-corrected chi connectivity index (χ2v) is 12.0. The molecule has 196 valence electrons. The maximum atomic E-state index is 2.45. The molecule has 0 aliphatic carbocycles. The van der Waals surface area contributed by atoms with E-state index in [1.165, 1.54) is 80.7 Å². The monoisotopic (exact) mass is 551 g/mol. The predicted molar refractivity (Wildman–Crippen MR) is 182 cm³/mol. The quantitative estimate of drug-likeness (QED) is 0.206. The van der Waals surface area contributed by atoms with Gasteiger partial charge in [-0.15, -0.1) is 11.3 Å². The fraction of sp³-hybridized carbons (Fsp3) is 0. The van der Waals surface area contributed by atoms with Crippen molar-refractivity contribution in [1.29, 1.82) is 0 Å². The number of rotatable bonds is 3. The van der Waals surface area contributed by atoms with E-state index in [4.69, 9.17) is 0 Å². The zero-order chi connectivity index (χ0) is 27.6. The fourth-order valence-corrected chi connectivity index (χ4v) is 7.78. The van der Waals surface area contributed by atoms with Crippen molar-refractivity contribution in [2.24, 2.45) is 0 Å². The first-order valence-electron chi connectivity index (χ1n) is 14.4. The third kappa shape index (κ3) is 3.49. The molecule has 0 amide bonds. The Morgan fingerprint density at radius 1 is 0.405 bits per heavy atom. The van der Waals surface area contributed by atoms with Gasteiger partial charge in [0.15, 0.2) is 0 Å². The minimum absolute atomic E-state index is 1.18. The van der Waals surface area contributed by atoms with Gasteiger partial charge in [0.1, 0.15) is 0 Å². The lowest BCUT2D eigenvalue weighted by Crippen LogP contribution is -1.93. The molecule has 0 atom stereocenters. The molecule has 0 saturated carbocycles. The standard InChI is InChI=1S/C40H25NS/c1-3-10-26(11-4-1)28-19-22-37-34(24-28)40-38(42-37)23-21-35-39(40)33-20-18-29(25-36(33)41(35)30-14-5-2-6-15-30)32-17-9-13-27-12-7-8-16-31(27)32/h1-25H. The van der Waals surface area contributed by atoms with Crippen LogP contribution in [0.25, 0.3) is 80.7 Å². The van der Waals surface area contributed by atoms with E-state index in [-0.39, 0.29) is 0 Å². The lowest BCUT2D eigenvalue weighted by Gasteiger charge is -2.10. The molecule has 42 heavy (non-hydrogen) atoms. The number of hydrogen-bond donors (Lipinski definition) is 0. The van der Waals surface area contributed by atoms with E-state index in [2.05, 4.69) is 156 Å². The van der Waals surface area contributed by atoms with Gasteiger partial charge in [-0.3, -0.25) is 0 Å². The zero-order valence-electron chi connectivity index (χ0n) is 22.8. The molecule has 0 fully saturated rings. The molecular weight excluding hydrogens is 527 g/mol. The van der Waals surface area contributed by atoms with Gasteiger partial charge in [0, 0.05) is 36.6 Å². The molecule has 9 rings (SSSR count). The molecule has 0 radical (unpaired) electrons. The summed E-state index contributed by atoms with van der Waals surface area (Å²) in [5, 5.41) is 7.83. The van der Waals surface area contributed by atoms with Crippen LogP contribution >= 0.6 is 11.3 Å². The third-order valence-corrected chi connectivity index (χ3v) is 9.72. The molecule has 2 heteroatoms. The fourth-order valence-electron chi connectivity index (χ4n) is 6.68. The molecule has 0 saturated heterocycles. The average Bonchev–Trinajstić information content (AvgIpc) is 3.60. The van der Waals surface area contributed by atoms with Gasteiger partial charge < -0.3 is 4.57 Å². The maximum Gasteiger partial charge on any atom is 0.0548 e. The molecule has 0 aliphatic heterocycles. The minimum atomic E-state index is 1.18. The molecule has 0 spiro atoms. The Hall–Kier alpha value is -5.18. The Labute approximate surface area is 247 Å². The van der Waals surface area contributed by atoms with Crippen LogP contribution in [0.1, 0.15) is 0 Å². The third-order valence-electron chi connectivity index (χ3n) is 8.58. The van der Waals surface area contributed by atoms with Crippen molar-refractivity contribution in [2.45, 2.75) is 0 Å². The van der Waals surface area contributed by atoms with Gasteiger partial charge in [0.2, 0.25) is 0 Å². The van der Waals surface area contributed by atoms with Crippen LogP contribution in [0.5, 0.6) is 0 Å². The summed E-state index contributed by atoms with van der Waals surface area (Å²) in [5.74, 6) is 0. The van der Waals surface area contributed by atoms with E-state index in [0.717, 1.165) is 0 Å². The summed E-state index contributed by atoms with van der Waals surface area (Å²) in [4.78, 5) is 0. The van der Waals surface area contributed by atoms with Gasteiger partial charge in [-0.25, -0.2) is 0 Å². The topological polar surface area (TPSA) is 4.93 Å². The zero-order valence-corrected chi connectivity index (χ0v) is 23.6. The first kappa shape index (κ1) is 23.5. The molecule has 7 aromatic carbocycles. The van der Waals surface area contributed by atoms with Crippen molar-refractivity contribution in [3.63, 3.8) is 0 Å². The van der Waals surface area contributed by atoms with Crippen LogP contribution in [0.2, 0.25) is 0 Å². The highest BCUT2D eigenvalue weighted by Gasteiger charge is 2.19. The average molecular weight is 552 g/mol. The van der Waals surface area contributed by atoms with Crippen molar-refractivity contribution in [2.75, 3.05) is 0 Å². The number of thiophene rings is 1. The van der Waals surface area contributed by atoms with Crippen LogP contribution in [-0.4, -0.2) is 4.57 Å². The molecule has 0 bridgehead atoms. The van der Waals surface area contributed by atoms with Crippen molar-refractivity contribution in [3.05, 3.63) is 152 Å². The van der Waals surface area contributed by atoms with Gasteiger partial charge in [-0.1, -0.05) is 109 Å². The van der Waals surface area contributed by atoms with Crippen LogP contribution in [0.3, 0.4) is 0 Å². The first-order chi connectivity index (χ1) is 20.8. The summed E-state index contributed by atoms with van der Waals surface area (Å²) >= 11 is 1.89. The number of benzene rings is 7. The van der Waals surface area contributed by atoms with Gasteiger partial charge >= 0.3 is 0 Å². The largest absolute Gasteiger partial charge is 0.309 e. The molecule has 9 aromatic rings. The Kier molecular flexibility index (Phi) is 5.13. The normalized spacial score (nSPS) is 11.8. The Balaban J connectivity index is 1.40. The first-order valence-corrected chi connectivity index (χ1v) is 15.2. The van der Waals surface area contributed by atoms with Crippen molar-refractivity contribution in [1.82, 2.24) is 4.57 Å². The number of para-hydroxylation sites is 1. The summed E-state index contributed by atoms with van der Waals surface area (Å²) < 4.78 is 5.10. The second-order valence-electron chi connectivity index (χ2n) is 10.9. The van der Waals surface area contributed by atoms with E-state index >= 15 is 0 Å². The Morgan fingerprint density at radius 2 is 1.14 bits per heavy atom. The molecule has 0 aliphatic rings. The molecule has 0 unspecified atom stereocenters. The number of hydrogen-bond acceptors (Lipinski definition) is 1. The number of fused-ring (bicyclic) bond motifs is 8. The van der Waals surface area contributed by atoms with E-state index in [0.29, 0.717) is 0 Å². The molecule has 1 nitrogen and oxygen atoms in total.